The first-order valence-corrected chi connectivity index (χ1v) is 30.0. The maximum atomic E-state index is 15.0. The number of imide groups is 2. The number of carbonyl (C=O) groups excluding carboxylic acids is 7. The molecule has 4 unspecified atom stereocenters. The Morgan fingerprint density at radius 2 is 1.51 bits per heavy atom. The molecule has 2 aromatic carbocycles. The molecule has 0 radical (unpaired) electrons. The molecule has 6 N–H and O–H groups in total. The lowest BCUT2D eigenvalue weighted by molar-refractivity contribution is -0.197. The van der Waals surface area contributed by atoms with E-state index in [1.54, 1.807) is 0 Å². The molecule has 5 aliphatic rings. The zero-order chi connectivity index (χ0) is 55.4. The number of thioether (sulfide) groups is 1. The average molecular weight is 1140 g/mol. The first kappa shape index (κ1) is 57.6. The number of nitrogens with one attached hydrogen (secondary N) is 1. The van der Waals surface area contributed by atoms with Crippen molar-refractivity contribution < 1.29 is 87.6 Å². The first-order valence-electron chi connectivity index (χ1n) is 23.7. The van der Waals surface area contributed by atoms with Gasteiger partial charge in [-0.1, -0.05) is 24.3 Å². The Morgan fingerprint density at radius 1 is 0.868 bits per heavy atom. The number of likely N-dealkylation sites (tertiary alicyclic amines) is 2. The minimum atomic E-state index is -4.76. The number of hydrogen-bond donors (Lipinski definition) is 4. The zero-order valence-corrected chi connectivity index (χ0v) is 44.8. The van der Waals surface area contributed by atoms with Gasteiger partial charge in [0.15, 0.2) is 33.7 Å². The molecular formula is C46H58N7O19PS3. The number of rotatable bonds is 24. The number of ether oxygens (including phenoxy) is 4. The van der Waals surface area contributed by atoms with E-state index in [0.717, 1.165) is 16.7 Å². The van der Waals surface area contributed by atoms with Gasteiger partial charge in [-0.3, -0.25) is 38.2 Å². The highest BCUT2D eigenvalue weighted by atomic mass is 32.2. The van der Waals surface area contributed by atoms with Crippen LogP contribution in [0.5, 0.6) is 23.0 Å². The summed E-state index contributed by atoms with van der Waals surface area (Å²) in [5.41, 5.74) is 7.27. The van der Waals surface area contributed by atoms with Gasteiger partial charge < -0.3 is 49.2 Å². The quantitative estimate of drug-likeness (QED) is 0.0380. The van der Waals surface area contributed by atoms with Gasteiger partial charge >= 0.3 is 16.1 Å². The normalized spacial score (nSPS) is 22.0. The number of fused-ring (bicyclic) bond motifs is 2. The Bertz CT molecular complexity index is 2980. The van der Waals surface area contributed by atoms with E-state index in [9.17, 15) is 59.5 Å². The third kappa shape index (κ3) is 12.8. The maximum Gasteiger partial charge on any atom is 0.333 e. The van der Waals surface area contributed by atoms with E-state index < -0.39 is 96.9 Å². The molecule has 76 heavy (non-hydrogen) atoms. The van der Waals surface area contributed by atoms with E-state index in [0.29, 0.717) is 16.2 Å². The van der Waals surface area contributed by atoms with Gasteiger partial charge in [0.2, 0.25) is 11.8 Å². The Balaban J connectivity index is 1.04. The van der Waals surface area contributed by atoms with Gasteiger partial charge in [0.05, 0.1) is 63.2 Å². The van der Waals surface area contributed by atoms with E-state index in [1.807, 2.05) is 0 Å². The zero-order valence-electron chi connectivity index (χ0n) is 41.4. The second-order valence-corrected chi connectivity index (χ2v) is 26.5. The van der Waals surface area contributed by atoms with Gasteiger partial charge in [-0.25, -0.2) is 4.79 Å². The highest BCUT2D eigenvalue weighted by molar-refractivity contribution is 8.01. The van der Waals surface area contributed by atoms with Crippen LogP contribution in [0.2, 0.25) is 0 Å². The number of hydroxylamine groups is 2. The largest absolute Gasteiger partial charge is 0.493 e. The van der Waals surface area contributed by atoms with E-state index in [4.69, 9.17) is 35.4 Å². The number of nitrogens with zero attached hydrogens (tertiary/aromatic N) is 4. The summed E-state index contributed by atoms with van der Waals surface area (Å²) >= 11 is 1.11. The lowest BCUT2D eigenvalue weighted by Crippen LogP contribution is -2.51. The second-order valence-electron chi connectivity index (χ2n) is 18.5. The van der Waals surface area contributed by atoms with Gasteiger partial charge in [0.25, 0.3) is 33.7 Å². The number of anilines is 1. The Morgan fingerprint density at radius 3 is 2.16 bits per heavy atom. The fourth-order valence-electron chi connectivity index (χ4n) is 9.36. The van der Waals surface area contributed by atoms with Crippen molar-refractivity contribution in [3.8, 4) is 23.0 Å². The summed E-state index contributed by atoms with van der Waals surface area (Å²) in [6.07, 6.45) is -0.565. The van der Waals surface area contributed by atoms with Crippen LogP contribution in [0.4, 0.5) is 5.69 Å². The molecule has 26 nitrogen and oxygen atoms in total. The van der Waals surface area contributed by atoms with E-state index in [2.05, 4.69) is 22.8 Å². The minimum Gasteiger partial charge on any atom is -0.493 e. The predicted octanol–water partition coefficient (Wildman–Crippen LogP) is 1.46. The van der Waals surface area contributed by atoms with Crippen molar-refractivity contribution in [2.24, 2.45) is 11.6 Å². The number of hydrogen-bond acceptors (Lipinski definition) is 22. The molecule has 7 rings (SSSR count). The Kier molecular flexibility index (Phi) is 17.9. The number of benzene rings is 2. The minimum absolute atomic E-state index is 0.00180. The van der Waals surface area contributed by atoms with Crippen molar-refractivity contribution in [2.45, 2.75) is 73.0 Å². The van der Waals surface area contributed by atoms with Crippen molar-refractivity contribution in [2.75, 3.05) is 76.6 Å². The lowest BCUT2D eigenvalue weighted by Gasteiger charge is -2.28. The fraction of sp³-hybridized carbons (Fsp3) is 0.500. The van der Waals surface area contributed by atoms with Crippen LogP contribution in [-0.4, -0.2) is 182 Å². The summed E-state index contributed by atoms with van der Waals surface area (Å²) in [4.78, 5) is 98.3. The fourth-order valence-corrected chi connectivity index (χ4v) is 15.1. The van der Waals surface area contributed by atoms with Crippen molar-refractivity contribution in [3.63, 3.8) is 0 Å². The summed E-state index contributed by atoms with van der Waals surface area (Å²) in [7, 11) is -9.91. The van der Waals surface area contributed by atoms with Crippen LogP contribution in [-0.2, 0) is 57.9 Å². The van der Waals surface area contributed by atoms with Gasteiger partial charge in [0, 0.05) is 81.2 Å². The highest BCUT2D eigenvalue weighted by Gasteiger charge is 2.47. The van der Waals surface area contributed by atoms with Gasteiger partial charge in [-0.05, 0) is 43.5 Å². The SMILES string of the molecule is C=C1C[C@H]2C(S(=O)(=O)O)Nc3cc(OCCP(=O)(CCOc4ccc(C(=O)N5CC(=C)C[C@H]5C(N)S(=O)(=O)ON)cc4OC)CCSC4CC(=O)N(CCCC(=O)ON5C(=O)CCC5=O)C4=O)c(OC)cc3C(=O)N2C1. The van der Waals surface area contributed by atoms with Gasteiger partial charge in [-0.15, -0.1) is 16.8 Å². The Labute approximate surface area is 441 Å². The molecule has 0 saturated carbocycles. The summed E-state index contributed by atoms with van der Waals surface area (Å²) in [5.74, 6) is 1.13. The molecule has 5 heterocycles. The summed E-state index contributed by atoms with van der Waals surface area (Å²) in [5, 5.41) is -0.921. The molecule has 0 spiro atoms. The molecule has 2 aromatic rings. The van der Waals surface area contributed by atoms with Crippen LogP contribution >= 0.6 is 18.9 Å². The predicted molar refractivity (Wildman–Crippen MR) is 271 cm³/mol. The molecule has 5 aliphatic heterocycles. The van der Waals surface area contributed by atoms with Crippen molar-refractivity contribution in [3.05, 3.63) is 65.8 Å². The maximum absolute atomic E-state index is 15.0. The lowest BCUT2D eigenvalue weighted by atomic mass is 10.1. The first-order chi connectivity index (χ1) is 35.9. The molecule has 414 valence electrons. The summed E-state index contributed by atoms with van der Waals surface area (Å²) in [6.45, 7) is 7.33. The molecule has 6 atom stereocenters. The number of nitrogens with two attached hydrogens (primary N) is 2. The number of amides is 6. The molecule has 0 bridgehead atoms. The van der Waals surface area contributed by atoms with Crippen molar-refractivity contribution >= 4 is 86.2 Å². The molecule has 0 aliphatic carbocycles. The topological polar surface area (TPSA) is 357 Å². The van der Waals surface area contributed by atoms with E-state index in [-0.39, 0.29) is 142 Å². The van der Waals surface area contributed by atoms with Gasteiger partial charge in [-0.2, -0.15) is 27.0 Å². The third-order valence-corrected chi connectivity index (χ3v) is 20.2. The molecule has 4 fully saturated rings. The number of methoxy groups -OCH3 is 2. The second kappa shape index (κ2) is 23.7. The van der Waals surface area contributed by atoms with Crippen LogP contribution in [0, 0.1) is 0 Å². The van der Waals surface area contributed by atoms with E-state index >= 15 is 0 Å². The molecular weight excluding hydrogens is 1080 g/mol. The van der Waals surface area contributed by atoms with Crippen LogP contribution in [0.25, 0.3) is 0 Å². The van der Waals surface area contributed by atoms with Crippen molar-refractivity contribution in [1.29, 1.82) is 0 Å². The van der Waals surface area contributed by atoms with Crippen LogP contribution in [0.15, 0.2) is 54.6 Å². The summed E-state index contributed by atoms with van der Waals surface area (Å²) < 4.78 is 103. The average Bonchev–Trinajstić information content (AvgIpc) is 4.13. The Hall–Kier alpha value is -6.07. The molecule has 30 heteroatoms. The smallest absolute Gasteiger partial charge is 0.333 e. The molecule has 0 aromatic heterocycles. The molecule has 4 saturated heterocycles. The van der Waals surface area contributed by atoms with E-state index in [1.165, 1.54) is 54.4 Å². The van der Waals surface area contributed by atoms with Crippen LogP contribution < -0.4 is 35.9 Å². The van der Waals surface area contributed by atoms with Crippen LogP contribution in [0.3, 0.4) is 0 Å². The molecule has 6 amide bonds. The standard InChI is InChI=1S/C46H58N7O19PS3/c1-26-18-31(42(47)76(65,66)72-48)51(24-26)44(58)28-7-8-33(34(20-28)67-3)69-12-14-73(61,16-17-74-37-23-40(56)50(46(37)60)11-5-6-41(57)71-53-38(54)9-10-39(53)55)15-13-70-36-22-30-29(21-35(36)68-4)45(59)52-25-27(2)19-32(52)43(49-30)75(62,63)64/h7-8,20-22,31-32,37,42-43,49H,1-2,5-6,9-19,23-25,47-48H2,3-4H3,(H,62,63,64)/t31-,32-,37?,42?,43?,73?/m0/s1. The third-order valence-electron chi connectivity index (χ3n) is 13.4. The van der Waals surface area contributed by atoms with Gasteiger partial charge in [0.1, 0.15) is 0 Å². The van der Waals surface area contributed by atoms with Crippen molar-refractivity contribution in [1.82, 2.24) is 19.8 Å². The monoisotopic (exact) mass is 1140 g/mol. The van der Waals surface area contributed by atoms with Crippen LogP contribution in [0.1, 0.15) is 65.7 Å². The summed E-state index contributed by atoms with van der Waals surface area (Å²) in [6, 6.07) is 4.96. The number of carbonyl (C=O) groups is 7. The highest BCUT2D eigenvalue weighted by Crippen LogP contribution is 2.47.